The molecule has 0 unspecified atom stereocenters. The third-order valence-electron chi connectivity index (χ3n) is 2.35. The van der Waals surface area contributed by atoms with Crippen molar-refractivity contribution in [1.82, 2.24) is 0 Å². The monoisotopic (exact) mass is 242 g/mol. The second-order valence-electron chi connectivity index (χ2n) is 3.32. The van der Waals surface area contributed by atoms with Crippen molar-refractivity contribution in [3.05, 3.63) is 41.2 Å². The van der Waals surface area contributed by atoms with Gasteiger partial charge in [-0.3, -0.25) is 0 Å². The summed E-state index contributed by atoms with van der Waals surface area (Å²) in [6.07, 6.45) is 0. The Kier molecular flexibility index (Phi) is 2.42. The van der Waals surface area contributed by atoms with Crippen LogP contribution in [0, 0.1) is 17.5 Å². The van der Waals surface area contributed by atoms with Crippen LogP contribution in [0.15, 0.2) is 18.2 Å². The Morgan fingerprint density at radius 2 is 1.76 bits per heavy atom. The van der Waals surface area contributed by atoms with Crippen LogP contribution in [-0.2, 0) is 0 Å². The van der Waals surface area contributed by atoms with Crippen LogP contribution in [0.5, 0.6) is 5.75 Å². The normalized spacial score (nSPS) is 10.8. The predicted molar refractivity (Wildman–Crippen MR) is 52.4 cm³/mol. The smallest absolute Gasteiger partial charge is 0.342 e. The van der Waals surface area contributed by atoms with Crippen molar-refractivity contribution >= 4 is 16.7 Å². The number of carboxylic acids is 1. The third kappa shape index (κ3) is 1.49. The van der Waals surface area contributed by atoms with Crippen LogP contribution in [0.2, 0.25) is 0 Å². The van der Waals surface area contributed by atoms with Gasteiger partial charge in [0.2, 0.25) is 0 Å². The van der Waals surface area contributed by atoms with Crippen molar-refractivity contribution in [2.24, 2.45) is 0 Å². The molecule has 0 aliphatic heterocycles. The van der Waals surface area contributed by atoms with Gasteiger partial charge in [0.1, 0.15) is 11.4 Å². The number of fused-ring (bicyclic) bond motifs is 1. The Morgan fingerprint density at radius 1 is 1.12 bits per heavy atom. The molecular weight excluding hydrogens is 237 g/mol. The van der Waals surface area contributed by atoms with Gasteiger partial charge in [0, 0.05) is 5.39 Å². The van der Waals surface area contributed by atoms with Crippen LogP contribution < -0.4 is 0 Å². The fraction of sp³-hybridized carbons (Fsp3) is 0. The second-order valence-corrected chi connectivity index (χ2v) is 3.32. The Balaban J connectivity index is 3.07. The molecule has 88 valence electrons. The molecular formula is C11H5F3O3. The summed E-state index contributed by atoms with van der Waals surface area (Å²) >= 11 is 0. The maximum atomic E-state index is 13.7. The van der Waals surface area contributed by atoms with Gasteiger partial charge in [-0.2, -0.15) is 0 Å². The lowest BCUT2D eigenvalue weighted by Crippen LogP contribution is -2.04. The van der Waals surface area contributed by atoms with Crippen LogP contribution in [0.25, 0.3) is 10.8 Å². The maximum absolute atomic E-state index is 13.7. The van der Waals surface area contributed by atoms with Crippen LogP contribution in [0.4, 0.5) is 13.2 Å². The molecule has 2 aromatic carbocycles. The molecule has 0 bridgehead atoms. The van der Waals surface area contributed by atoms with Gasteiger partial charge in [0.25, 0.3) is 0 Å². The van der Waals surface area contributed by atoms with Crippen molar-refractivity contribution in [3.8, 4) is 5.75 Å². The molecule has 3 nitrogen and oxygen atoms in total. The number of rotatable bonds is 1. The van der Waals surface area contributed by atoms with Crippen molar-refractivity contribution in [2.75, 3.05) is 0 Å². The van der Waals surface area contributed by atoms with Crippen LogP contribution in [0.1, 0.15) is 10.4 Å². The Labute approximate surface area is 92.7 Å². The number of carbonyl (C=O) groups is 1. The van der Waals surface area contributed by atoms with Crippen LogP contribution in [-0.4, -0.2) is 16.2 Å². The first-order valence-corrected chi connectivity index (χ1v) is 4.46. The van der Waals surface area contributed by atoms with Crippen molar-refractivity contribution < 1.29 is 28.2 Å². The largest absolute Gasteiger partial charge is 0.504 e. The van der Waals surface area contributed by atoms with Crippen LogP contribution in [0.3, 0.4) is 0 Å². The predicted octanol–water partition coefficient (Wildman–Crippen LogP) is 2.66. The number of aromatic carboxylic acids is 1. The highest BCUT2D eigenvalue weighted by Crippen LogP contribution is 2.34. The van der Waals surface area contributed by atoms with E-state index in [4.69, 9.17) is 5.11 Å². The lowest BCUT2D eigenvalue weighted by Gasteiger charge is -2.08. The molecule has 0 fully saturated rings. The standard InChI is InChI=1S/C11H5F3O3/c12-5-3-1-2-4-6(5)9(14)7(11(16)17)10(15)8(4)13/h1-3,15H,(H,16,17). The number of phenols is 1. The van der Waals surface area contributed by atoms with E-state index < -0.39 is 45.5 Å². The zero-order valence-electron chi connectivity index (χ0n) is 8.17. The van der Waals surface area contributed by atoms with Crippen molar-refractivity contribution in [2.45, 2.75) is 0 Å². The third-order valence-corrected chi connectivity index (χ3v) is 2.35. The summed E-state index contributed by atoms with van der Waals surface area (Å²) in [4.78, 5) is 10.7. The quantitative estimate of drug-likeness (QED) is 0.808. The van der Waals surface area contributed by atoms with Gasteiger partial charge in [0.15, 0.2) is 17.4 Å². The van der Waals surface area contributed by atoms with E-state index in [2.05, 4.69) is 0 Å². The second kappa shape index (κ2) is 3.65. The molecule has 17 heavy (non-hydrogen) atoms. The van der Waals surface area contributed by atoms with E-state index in [1.807, 2.05) is 0 Å². The molecule has 0 saturated heterocycles. The van der Waals surface area contributed by atoms with Crippen molar-refractivity contribution in [3.63, 3.8) is 0 Å². The summed E-state index contributed by atoms with van der Waals surface area (Å²) in [6, 6.07) is 3.04. The average Bonchev–Trinajstić information content (AvgIpc) is 2.25. The van der Waals surface area contributed by atoms with Crippen molar-refractivity contribution in [1.29, 1.82) is 0 Å². The number of benzene rings is 2. The summed E-state index contributed by atoms with van der Waals surface area (Å²) in [7, 11) is 0. The van der Waals surface area contributed by atoms with Gasteiger partial charge in [-0.25, -0.2) is 18.0 Å². The first-order chi connectivity index (χ1) is 7.95. The molecule has 0 aliphatic rings. The lowest BCUT2D eigenvalue weighted by atomic mass is 10.0. The molecule has 0 aromatic heterocycles. The van der Waals surface area contributed by atoms with E-state index in [1.165, 1.54) is 0 Å². The van der Waals surface area contributed by atoms with Gasteiger partial charge >= 0.3 is 5.97 Å². The molecule has 2 rings (SSSR count). The first kappa shape index (κ1) is 11.3. The fourth-order valence-corrected chi connectivity index (χ4v) is 1.59. The maximum Gasteiger partial charge on any atom is 0.342 e. The minimum absolute atomic E-state index is 0.509. The van der Waals surface area contributed by atoms with Gasteiger partial charge in [-0.15, -0.1) is 0 Å². The van der Waals surface area contributed by atoms with E-state index >= 15 is 0 Å². The Bertz CT molecular complexity index is 638. The van der Waals surface area contributed by atoms with E-state index in [1.54, 1.807) is 0 Å². The molecule has 0 saturated carbocycles. The number of hydrogen-bond donors (Lipinski definition) is 2. The molecule has 6 heteroatoms. The molecule has 0 amide bonds. The number of aromatic hydroxyl groups is 1. The minimum Gasteiger partial charge on any atom is -0.504 e. The molecule has 0 spiro atoms. The Hall–Kier alpha value is -2.24. The fourth-order valence-electron chi connectivity index (χ4n) is 1.59. The highest BCUT2D eigenvalue weighted by Gasteiger charge is 2.25. The summed E-state index contributed by atoms with van der Waals surface area (Å²) in [5, 5.41) is 16.6. The molecule has 0 radical (unpaired) electrons. The number of hydrogen-bond acceptors (Lipinski definition) is 2. The minimum atomic E-state index is -1.87. The summed E-state index contributed by atoms with van der Waals surface area (Å²) in [5.41, 5.74) is -1.28. The number of carboxylic acid groups (broad SMARTS) is 1. The molecule has 0 aliphatic carbocycles. The highest BCUT2D eigenvalue weighted by molar-refractivity contribution is 5.98. The molecule has 2 N–H and O–H groups in total. The molecule has 2 aromatic rings. The van der Waals surface area contributed by atoms with E-state index in [0.29, 0.717) is 0 Å². The topological polar surface area (TPSA) is 57.5 Å². The molecule has 0 heterocycles. The van der Waals surface area contributed by atoms with Gasteiger partial charge < -0.3 is 10.2 Å². The SMILES string of the molecule is O=C(O)c1c(O)c(F)c2cccc(F)c2c1F. The summed E-state index contributed by atoms with van der Waals surface area (Å²) < 4.78 is 40.5. The highest BCUT2D eigenvalue weighted by atomic mass is 19.1. The first-order valence-electron chi connectivity index (χ1n) is 4.46. The van der Waals surface area contributed by atoms with Gasteiger partial charge in [-0.05, 0) is 6.07 Å². The summed E-state index contributed by atoms with van der Waals surface area (Å²) in [5.74, 6) is -7.17. The Morgan fingerprint density at radius 3 is 2.35 bits per heavy atom. The average molecular weight is 242 g/mol. The van der Waals surface area contributed by atoms with Gasteiger partial charge in [-0.1, -0.05) is 12.1 Å². The number of halogens is 3. The van der Waals surface area contributed by atoms with E-state index in [-0.39, 0.29) is 0 Å². The zero-order valence-corrected chi connectivity index (χ0v) is 8.17. The van der Waals surface area contributed by atoms with E-state index in [0.717, 1.165) is 18.2 Å². The summed E-state index contributed by atoms with van der Waals surface area (Å²) in [6.45, 7) is 0. The van der Waals surface area contributed by atoms with Crippen LogP contribution >= 0.6 is 0 Å². The molecule has 0 atom stereocenters. The van der Waals surface area contributed by atoms with E-state index in [9.17, 15) is 23.1 Å². The lowest BCUT2D eigenvalue weighted by molar-refractivity contribution is 0.0688. The zero-order chi connectivity index (χ0) is 12.7. The van der Waals surface area contributed by atoms with Gasteiger partial charge in [0.05, 0.1) is 5.39 Å².